The SMILES string of the molecule is CC1NC(C(F)(F)F)C(C(=O)NC2CCC(C)C(NC3NCCC(C4CNCC5CCCCC54)N3)C2)O1. The van der Waals surface area contributed by atoms with Gasteiger partial charge < -0.3 is 15.4 Å². The molecule has 11 atom stereocenters. The molecule has 3 aliphatic heterocycles. The Morgan fingerprint density at radius 3 is 2.59 bits per heavy atom. The molecule has 2 aliphatic carbocycles. The maximum atomic E-state index is 13.4. The van der Waals surface area contributed by atoms with Crippen molar-refractivity contribution >= 4 is 5.91 Å². The average Bonchev–Trinajstić information content (AvgIpc) is 3.28. The van der Waals surface area contributed by atoms with E-state index in [-0.39, 0.29) is 18.4 Å². The molecule has 0 aromatic carbocycles. The van der Waals surface area contributed by atoms with Crippen molar-refractivity contribution in [2.45, 2.75) is 114 Å². The zero-order valence-electron chi connectivity index (χ0n) is 22.1. The van der Waals surface area contributed by atoms with Crippen molar-refractivity contribution < 1.29 is 22.7 Å². The third-order valence-electron chi connectivity index (χ3n) is 9.61. The van der Waals surface area contributed by atoms with Crippen molar-refractivity contribution in [1.29, 1.82) is 0 Å². The van der Waals surface area contributed by atoms with E-state index < -0.39 is 30.5 Å². The summed E-state index contributed by atoms with van der Waals surface area (Å²) in [5.74, 6) is 1.97. The largest absolute Gasteiger partial charge is 0.407 e. The number of hydrogen-bond donors (Lipinski definition) is 6. The fourth-order valence-corrected chi connectivity index (χ4v) is 7.61. The number of alkyl halides is 3. The second-order valence-electron chi connectivity index (χ2n) is 12.1. The molecule has 2 saturated carbocycles. The van der Waals surface area contributed by atoms with Crippen LogP contribution in [0.4, 0.5) is 13.2 Å². The fourth-order valence-electron chi connectivity index (χ4n) is 7.61. The molecule has 0 radical (unpaired) electrons. The van der Waals surface area contributed by atoms with Gasteiger partial charge in [-0.3, -0.25) is 26.1 Å². The highest BCUT2D eigenvalue weighted by Crippen LogP contribution is 2.39. The zero-order valence-corrected chi connectivity index (χ0v) is 22.1. The molecule has 5 fully saturated rings. The Morgan fingerprint density at radius 2 is 1.78 bits per heavy atom. The van der Waals surface area contributed by atoms with Crippen LogP contribution in [0, 0.1) is 23.7 Å². The highest BCUT2D eigenvalue weighted by molar-refractivity contribution is 5.82. The quantitative estimate of drug-likeness (QED) is 0.323. The molecule has 6 N–H and O–H groups in total. The maximum Gasteiger partial charge on any atom is 0.407 e. The van der Waals surface area contributed by atoms with Crippen LogP contribution in [-0.4, -0.2) is 74.5 Å². The maximum absolute atomic E-state index is 13.4. The molecular weight excluding hydrogens is 485 g/mol. The van der Waals surface area contributed by atoms with Crippen LogP contribution in [0.25, 0.3) is 0 Å². The third kappa shape index (κ3) is 6.44. The Morgan fingerprint density at radius 1 is 0.973 bits per heavy atom. The molecule has 37 heavy (non-hydrogen) atoms. The molecule has 3 heterocycles. The standard InChI is InChI=1S/C26H45F3N6O2/c1-14-7-8-17(33-24(36)22-23(26(27,28)29)32-15(2)37-22)11-21(14)35-25-31-10-9-20(34-25)19-13-30-12-16-5-3-4-6-18(16)19/h14-23,25,30-32,34-35H,3-13H2,1-2H3,(H,33,36). The summed E-state index contributed by atoms with van der Waals surface area (Å²) in [7, 11) is 0. The van der Waals surface area contributed by atoms with Gasteiger partial charge in [-0.05, 0) is 88.8 Å². The second kappa shape index (κ2) is 11.6. The lowest BCUT2D eigenvalue weighted by Crippen LogP contribution is -2.67. The first-order valence-corrected chi connectivity index (χ1v) is 14.4. The van der Waals surface area contributed by atoms with Crippen molar-refractivity contribution in [3.05, 3.63) is 0 Å². The Hall–Kier alpha value is -0.980. The lowest BCUT2D eigenvalue weighted by Gasteiger charge is -2.48. The summed E-state index contributed by atoms with van der Waals surface area (Å²) >= 11 is 0. The molecule has 11 heteroatoms. The van der Waals surface area contributed by atoms with E-state index in [1.807, 2.05) is 0 Å². The Balaban J connectivity index is 1.15. The van der Waals surface area contributed by atoms with Crippen LogP contribution in [0.2, 0.25) is 0 Å². The molecule has 5 aliphatic rings. The van der Waals surface area contributed by atoms with E-state index in [1.54, 1.807) is 0 Å². The summed E-state index contributed by atoms with van der Waals surface area (Å²) in [5, 5.41) is 20.1. The number of hydrogen-bond acceptors (Lipinski definition) is 7. The van der Waals surface area contributed by atoms with Gasteiger partial charge >= 0.3 is 6.18 Å². The highest BCUT2D eigenvalue weighted by atomic mass is 19.4. The van der Waals surface area contributed by atoms with Crippen molar-refractivity contribution in [2.24, 2.45) is 23.7 Å². The van der Waals surface area contributed by atoms with Crippen LogP contribution >= 0.6 is 0 Å². The van der Waals surface area contributed by atoms with Crippen LogP contribution < -0.4 is 31.9 Å². The summed E-state index contributed by atoms with van der Waals surface area (Å²) in [6.07, 6.45) is 1.91. The number of carbonyl (C=O) groups is 1. The minimum Gasteiger partial charge on any atom is -0.351 e. The lowest BCUT2D eigenvalue weighted by molar-refractivity contribution is -0.170. The first-order chi connectivity index (χ1) is 17.7. The fraction of sp³-hybridized carbons (Fsp3) is 0.962. The number of piperidine rings is 1. The summed E-state index contributed by atoms with van der Waals surface area (Å²) in [5.41, 5.74) is 0. The number of ether oxygens (including phenoxy) is 1. The van der Waals surface area contributed by atoms with Crippen molar-refractivity contribution in [3.63, 3.8) is 0 Å². The van der Waals surface area contributed by atoms with E-state index in [0.717, 1.165) is 50.7 Å². The van der Waals surface area contributed by atoms with Crippen LogP contribution in [-0.2, 0) is 9.53 Å². The molecule has 11 unspecified atom stereocenters. The number of amides is 1. The topological polar surface area (TPSA) is 98.5 Å². The van der Waals surface area contributed by atoms with Gasteiger partial charge in [0.25, 0.3) is 5.91 Å². The van der Waals surface area contributed by atoms with E-state index in [4.69, 9.17) is 4.74 Å². The smallest absolute Gasteiger partial charge is 0.351 e. The van der Waals surface area contributed by atoms with Gasteiger partial charge in [0.2, 0.25) is 0 Å². The minimum atomic E-state index is -4.54. The number of halogens is 3. The Labute approximate surface area is 218 Å². The third-order valence-corrected chi connectivity index (χ3v) is 9.61. The van der Waals surface area contributed by atoms with Gasteiger partial charge in [0.1, 0.15) is 18.6 Å². The number of nitrogens with one attached hydrogen (secondary N) is 6. The van der Waals surface area contributed by atoms with Gasteiger partial charge in [-0.1, -0.05) is 19.8 Å². The van der Waals surface area contributed by atoms with Gasteiger partial charge in [0, 0.05) is 18.1 Å². The van der Waals surface area contributed by atoms with Gasteiger partial charge in [-0.25, -0.2) is 0 Å². The van der Waals surface area contributed by atoms with Crippen molar-refractivity contribution in [1.82, 2.24) is 31.9 Å². The molecule has 0 spiro atoms. The Bertz CT molecular complexity index is 786. The minimum absolute atomic E-state index is 0.0116. The number of fused-ring (bicyclic) bond motifs is 1. The number of carbonyl (C=O) groups excluding carboxylic acids is 1. The van der Waals surface area contributed by atoms with Crippen LogP contribution in [0.1, 0.15) is 65.2 Å². The first kappa shape index (κ1) is 27.6. The molecule has 0 bridgehead atoms. The van der Waals surface area contributed by atoms with E-state index in [2.05, 4.69) is 38.8 Å². The first-order valence-electron chi connectivity index (χ1n) is 14.4. The molecular formula is C26H45F3N6O2. The number of rotatable bonds is 5. The molecule has 8 nitrogen and oxygen atoms in total. The van der Waals surface area contributed by atoms with E-state index in [0.29, 0.717) is 24.3 Å². The van der Waals surface area contributed by atoms with Crippen molar-refractivity contribution in [2.75, 3.05) is 19.6 Å². The molecule has 0 aromatic heterocycles. The van der Waals surface area contributed by atoms with Crippen LogP contribution in [0.5, 0.6) is 0 Å². The van der Waals surface area contributed by atoms with Crippen LogP contribution in [0.15, 0.2) is 0 Å². The normalized spacial score (nSPS) is 45.3. The molecule has 1 amide bonds. The highest BCUT2D eigenvalue weighted by Gasteiger charge is 2.53. The summed E-state index contributed by atoms with van der Waals surface area (Å²) < 4.78 is 45.5. The predicted octanol–water partition coefficient (Wildman–Crippen LogP) is 1.78. The second-order valence-corrected chi connectivity index (χ2v) is 12.1. The Kier molecular flexibility index (Phi) is 8.67. The van der Waals surface area contributed by atoms with Gasteiger partial charge in [-0.15, -0.1) is 0 Å². The predicted molar refractivity (Wildman–Crippen MR) is 134 cm³/mol. The van der Waals surface area contributed by atoms with Gasteiger partial charge in [-0.2, -0.15) is 13.2 Å². The lowest BCUT2D eigenvalue weighted by atomic mass is 9.67. The van der Waals surface area contributed by atoms with E-state index in [1.165, 1.54) is 32.6 Å². The summed E-state index contributed by atoms with van der Waals surface area (Å²) in [6, 6.07) is -1.56. The van der Waals surface area contributed by atoms with Crippen molar-refractivity contribution in [3.8, 4) is 0 Å². The van der Waals surface area contributed by atoms with Crippen LogP contribution in [0.3, 0.4) is 0 Å². The molecule has 0 aromatic rings. The summed E-state index contributed by atoms with van der Waals surface area (Å²) in [4.78, 5) is 12.8. The van der Waals surface area contributed by atoms with Gasteiger partial charge in [0.15, 0.2) is 6.10 Å². The van der Waals surface area contributed by atoms with E-state index >= 15 is 0 Å². The molecule has 3 saturated heterocycles. The molecule has 212 valence electrons. The average molecular weight is 531 g/mol. The zero-order chi connectivity index (χ0) is 26.2. The monoisotopic (exact) mass is 530 g/mol. The summed E-state index contributed by atoms with van der Waals surface area (Å²) in [6.45, 7) is 6.89. The van der Waals surface area contributed by atoms with Gasteiger partial charge in [0.05, 0.1) is 0 Å². The van der Waals surface area contributed by atoms with E-state index in [9.17, 15) is 18.0 Å². The molecule has 5 rings (SSSR count).